The number of ether oxygens (including phenoxy) is 1. The molecule has 4 heteroatoms. The Morgan fingerprint density at radius 3 is 2.47 bits per heavy atom. The molecule has 0 heterocycles. The second-order valence-corrected chi connectivity index (χ2v) is 5.20. The first kappa shape index (κ1) is 14.3. The first-order chi connectivity index (χ1) is 9.15. The van der Waals surface area contributed by atoms with E-state index in [-0.39, 0.29) is 18.1 Å². The minimum absolute atomic E-state index is 0.119. The molecular formula is C15H20F2O2. The van der Waals surface area contributed by atoms with E-state index in [0.717, 1.165) is 25.7 Å². The van der Waals surface area contributed by atoms with Crippen LogP contribution in [0.3, 0.4) is 0 Å². The number of alkyl halides is 2. The zero-order valence-corrected chi connectivity index (χ0v) is 11.1. The molecule has 106 valence electrons. The lowest BCUT2D eigenvalue weighted by Crippen LogP contribution is -2.17. The number of rotatable bonds is 4. The SMILES string of the molecule is COc1ccc(C(F)F)c(C2CCC(CO)CC2)c1. The summed E-state index contributed by atoms with van der Waals surface area (Å²) >= 11 is 0. The first-order valence-corrected chi connectivity index (χ1v) is 6.72. The summed E-state index contributed by atoms with van der Waals surface area (Å²) in [6, 6.07) is 4.80. The summed E-state index contributed by atoms with van der Waals surface area (Å²) < 4.78 is 31.3. The Morgan fingerprint density at radius 2 is 1.95 bits per heavy atom. The van der Waals surface area contributed by atoms with Gasteiger partial charge in [0.05, 0.1) is 7.11 Å². The van der Waals surface area contributed by atoms with Crippen molar-refractivity contribution in [2.75, 3.05) is 13.7 Å². The zero-order valence-electron chi connectivity index (χ0n) is 11.1. The van der Waals surface area contributed by atoms with E-state index in [1.165, 1.54) is 6.07 Å². The molecule has 0 saturated heterocycles. The van der Waals surface area contributed by atoms with Gasteiger partial charge in [0.15, 0.2) is 0 Å². The predicted octanol–water partition coefficient (Wildman–Crippen LogP) is 3.90. The summed E-state index contributed by atoms with van der Waals surface area (Å²) in [4.78, 5) is 0. The molecule has 1 aromatic carbocycles. The molecule has 0 unspecified atom stereocenters. The van der Waals surface area contributed by atoms with Gasteiger partial charge in [-0.3, -0.25) is 0 Å². The lowest BCUT2D eigenvalue weighted by atomic mass is 9.77. The fourth-order valence-electron chi connectivity index (χ4n) is 2.89. The van der Waals surface area contributed by atoms with E-state index < -0.39 is 6.43 Å². The second kappa shape index (κ2) is 6.33. The van der Waals surface area contributed by atoms with E-state index in [9.17, 15) is 8.78 Å². The molecule has 0 aliphatic heterocycles. The Labute approximate surface area is 112 Å². The van der Waals surface area contributed by atoms with Gasteiger partial charge < -0.3 is 9.84 Å². The molecule has 0 spiro atoms. The van der Waals surface area contributed by atoms with Gasteiger partial charge in [-0.05, 0) is 61.3 Å². The van der Waals surface area contributed by atoms with Crippen LogP contribution in [0, 0.1) is 5.92 Å². The van der Waals surface area contributed by atoms with E-state index in [1.54, 1.807) is 19.2 Å². The molecule has 1 fully saturated rings. The van der Waals surface area contributed by atoms with Crippen molar-refractivity contribution in [2.24, 2.45) is 5.92 Å². The highest BCUT2D eigenvalue weighted by Crippen LogP contribution is 2.40. The number of methoxy groups -OCH3 is 1. The van der Waals surface area contributed by atoms with Gasteiger partial charge in [0.2, 0.25) is 0 Å². The Bertz CT molecular complexity index is 413. The highest BCUT2D eigenvalue weighted by atomic mass is 19.3. The molecule has 0 atom stereocenters. The average molecular weight is 270 g/mol. The van der Waals surface area contributed by atoms with Gasteiger partial charge in [-0.15, -0.1) is 0 Å². The normalized spacial score (nSPS) is 23.6. The van der Waals surface area contributed by atoms with Gasteiger partial charge in [-0.1, -0.05) is 0 Å². The Kier molecular flexibility index (Phi) is 4.75. The predicted molar refractivity (Wildman–Crippen MR) is 69.7 cm³/mol. The Balaban J connectivity index is 2.22. The molecule has 0 bridgehead atoms. The molecule has 0 amide bonds. The highest BCUT2D eigenvalue weighted by molar-refractivity contribution is 5.39. The van der Waals surface area contributed by atoms with Crippen LogP contribution in [-0.4, -0.2) is 18.8 Å². The molecule has 1 aliphatic carbocycles. The lowest BCUT2D eigenvalue weighted by molar-refractivity contribution is 0.147. The average Bonchev–Trinajstić information content (AvgIpc) is 2.46. The van der Waals surface area contributed by atoms with Gasteiger partial charge in [0.25, 0.3) is 6.43 Å². The van der Waals surface area contributed by atoms with Crippen molar-refractivity contribution in [3.05, 3.63) is 29.3 Å². The molecule has 1 N–H and O–H groups in total. The summed E-state index contributed by atoms with van der Waals surface area (Å²) in [6.45, 7) is 0.201. The summed E-state index contributed by atoms with van der Waals surface area (Å²) in [5.74, 6) is 1.11. The van der Waals surface area contributed by atoms with E-state index in [4.69, 9.17) is 9.84 Å². The smallest absolute Gasteiger partial charge is 0.264 e. The number of aliphatic hydroxyl groups is 1. The van der Waals surface area contributed by atoms with Crippen LogP contribution in [0.1, 0.15) is 49.2 Å². The fraction of sp³-hybridized carbons (Fsp3) is 0.600. The van der Waals surface area contributed by atoms with Crippen molar-refractivity contribution in [3.63, 3.8) is 0 Å². The van der Waals surface area contributed by atoms with Crippen molar-refractivity contribution in [1.82, 2.24) is 0 Å². The topological polar surface area (TPSA) is 29.5 Å². The molecular weight excluding hydrogens is 250 g/mol. The maximum absolute atomic E-state index is 13.1. The first-order valence-electron chi connectivity index (χ1n) is 6.72. The van der Waals surface area contributed by atoms with Crippen LogP contribution >= 0.6 is 0 Å². The van der Waals surface area contributed by atoms with Crippen molar-refractivity contribution in [3.8, 4) is 5.75 Å². The molecule has 1 saturated carbocycles. The Morgan fingerprint density at radius 1 is 1.26 bits per heavy atom. The van der Waals surface area contributed by atoms with E-state index in [0.29, 0.717) is 17.2 Å². The summed E-state index contributed by atoms with van der Waals surface area (Å²) in [5, 5.41) is 9.13. The van der Waals surface area contributed by atoms with Crippen LogP contribution in [0.15, 0.2) is 18.2 Å². The Hall–Kier alpha value is -1.16. The van der Waals surface area contributed by atoms with Crippen molar-refractivity contribution < 1.29 is 18.6 Å². The van der Waals surface area contributed by atoms with Crippen molar-refractivity contribution in [2.45, 2.75) is 38.0 Å². The monoisotopic (exact) mass is 270 g/mol. The molecule has 0 aromatic heterocycles. The van der Waals surface area contributed by atoms with Crippen LogP contribution < -0.4 is 4.74 Å². The fourth-order valence-corrected chi connectivity index (χ4v) is 2.89. The van der Waals surface area contributed by atoms with E-state index in [1.807, 2.05) is 0 Å². The van der Waals surface area contributed by atoms with Gasteiger partial charge >= 0.3 is 0 Å². The molecule has 1 aromatic rings. The highest BCUT2D eigenvalue weighted by Gasteiger charge is 2.26. The van der Waals surface area contributed by atoms with Gasteiger partial charge in [0.1, 0.15) is 5.75 Å². The van der Waals surface area contributed by atoms with Crippen LogP contribution in [0.25, 0.3) is 0 Å². The van der Waals surface area contributed by atoms with Crippen LogP contribution in [-0.2, 0) is 0 Å². The maximum Gasteiger partial charge on any atom is 0.264 e. The minimum Gasteiger partial charge on any atom is -0.497 e. The number of aliphatic hydroxyl groups excluding tert-OH is 1. The number of halogens is 2. The molecule has 1 aliphatic rings. The number of hydrogen-bond donors (Lipinski definition) is 1. The van der Waals surface area contributed by atoms with Crippen molar-refractivity contribution >= 4 is 0 Å². The minimum atomic E-state index is -2.45. The summed E-state index contributed by atoms with van der Waals surface area (Å²) in [6.07, 6.45) is 1.08. The third kappa shape index (κ3) is 3.24. The van der Waals surface area contributed by atoms with Crippen LogP contribution in [0.4, 0.5) is 8.78 Å². The summed E-state index contributed by atoms with van der Waals surface area (Å²) in [7, 11) is 1.55. The standard InChI is InChI=1S/C15H20F2O2/c1-19-12-6-7-13(15(16)17)14(8-12)11-4-2-10(9-18)3-5-11/h6-8,10-11,15,18H,2-5,9H2,1H3. The third-order valence-electron chi connectivity index (χ3n) is 4.07. The van der Waals surface area contributed by atoms with Gasteiger partial charge in [-0.25, -0.2) is 8.78 Å². The molecule has 2 rings (SSSR count). The largest absolute Gasteiger partial charge is 0.497 e. The molecule has 0 radical (unpaired) electrons. The second-order valence-electron chi connectivity index (χ2n) is 5.20. The maximum atomic E-state index is 13.1. The molecule has 2 nitrogen and oxygen atoms in total. The van der Waals surface area contributed by atoms with E-state index >= 15 is 0 Å². The lowest BCUT2D eigenvalue weighted by Gasteiger charge is -2.29. The van der Waals surface area contributed by atoms with Gasteiger partial charge in [0, 0.05) is 12.2 Å². The van der Waals surface area contributed by atoms with E-state index in [2.05, 4.69) is 0 Å². The third-order valence-corrected chi connectivity index (χ3v) is 4.07. The summed E-state index contributed by atoms with van der Waals surface area (Å²) in [5.41, 5.74) is 0.832. The van der Waals surface area contributed by atoms with Gasteiger partial charge in [-0.2, -0.15) is 0 Å². The van der Waals surface area contributed by atoms with Crippen LogP contribution in [0.5, 0.6) is 5.75 Å². The quantitative estimate of drug-likeness (QED) is 0.899. The number of hydrogen-bond acceptors (Lipinski definition) is 2. The number of benzene rings is 1. The zero-order chi connectivity index (χ0) is 13.8. The van der Waals surface area contributed by atoms with Crippen molar-refractivity contribution in [1.29, 1.82) is 0 Å². The van der Waals surface area contributed by atoms with Crippen LogP contribution in [0.2, 0.25) is 0 Å². The molecule has 19 heavy (non-hydrogen) atoms.